The van der Waals surface area contributed by atoms with Gasteiger partial charge in [-0.25, -0.2) is 4.79 Å². The van der Waals surface area contributed by atoms with E-state index in [2.05, 4.69) is 11.9 Å². The smallest absolute Gasteiger partial charge is 0.337 e. The van der Waals surface area contributed by atoms with E-state index in [0.29, 0.717) is 12.1 Å². The quantitative estimate of drug-likeness (QED) is 0.338. The van der Waals surface area contributed by atoms with Gasteiger partial charge < -0.3 is 14.8 Å². The van der Waals surface area contributed by atoms with Crippen LogP contribution in [0.1, 0.15) is 6.42 Å². The summed E-state index contributed by atoms with van der Waals surface area (Å²) in [4.78, 5) is 23.0. The number of esters is 1. The molecule has 1 aliphatic rings. The number of hydrogen-bond donors (Lipinski definition) is 1. The summed E-state index contributed by atoms with van der Waals surface area (Å²) in [5.41, 5.74) is 0.370. The van der Waals surface area contributed by atoms with Crippen molar-refractivity contribution in [3.63, 3.8) is 0 Å². The van der Waals surface area contributed by atoms with Crippen LogP contribution in [0.15, 0.2) is 24.5 Å². The minimum atomic E-state index is -0.474. The average Bonchev–Trinajstić information content (AvgIpc) is 2.35. The number of rotatable bonds is 4. The molecule has 1 heterocycles. The normalized spacial score (nSPS) is 24.8. The summed E-state index contributed by atoms with van der Waals surface area (Å²) in [6.07, 6.45) is 3.31. The second kappa shape index (κ2) is 6.08. The number of piperidine rings is 1. The third kappa shape index (κ3) is 3.09. The highest BCUT2D eigenvalue weighted by Gasteiger charge is 2.33. The van der Waals surface area contributed by atoms with Gasteiger partial charge in [-0.1, -0.05) is 6.08 Å². The van der Waals surface area contributed by atoms with Crippen molar-refractivity contribution in [2.75, 3.05) is 20.8 Å². The zero-order chi connectivity index (χ0) is 12.8. The molecule has 0 radical (unpaired) electrons. The maximum Gasteiger partial charge on any atom is 0.337 e. The fourth-order valence-corrected chi connectivity index (χ4v) is 1.92. The van der Waals surface area contributed by atoms with Gasteiger partial charge in [-0.05, 0) is 0 Å². The largest absolute Gasteiger partial charge is 0.504 e. The number of ether oxygens (including phenoxy) is 2. The summed E-state index contributed by atoms with van der Waals surface area (Å²) in [5.74, 6) is -0.792. The zero-order valence-electron chi connectivity index (χ0n) is 10.1. The molecule has 0 aromatic heterocycles. The molecule has 0 aromatic rings. The van der Waals surface area contributed by atoms with Crippen molar-refractivity contribution in [3.05, 3.63) is 24.5 Å². The standard InChI is InChI=1S/C12H17NO4/c1-4-8-6-13-11(14)5-9(8)10(7-16-2)12(15)17-3/h4,7-9H,1,5-6H2,2-3H3,(H,13,14)/b10-7-/t8-,9-/m0/s1. The minimum absolute atomic E-state index is 0.00759. The van der Waals surface area contributed by atoms with Crippen LogP contribution >= 0.6 is 0 Å². The van der Waals surface area contributed by atoms with Gasteiger partial charge in [0.05, 0.1) is 26.1 Å². The van der Waals surface area contributed by atoms with Crippen LogP contribution in [0.5, 0.6) is 0 Å². The number of carbonyl (C=O) groups excluding carboxylic acids is 2. The Morgan fingerprint density at radius 3 is 2.76 bits per heavy atom. The molecule has 0 spiro atoms. The molecule has 1 N–H and O–H groups in total. The average molecular weight is 239 g/mol. The van der Waals surface area contributed by atoms with Crippen LogP contribution < -0.4 is 5.32 Å². The molecule has 1 rings (SSSR count). The molecule has 0 aliphatic carbocycles. The van der Waals surface area contributed by atoms with Crippen LogP contribution in [0.3, 0.4) is 0 Å². The van der Waals surface area contributed by atoms with Gasteiger partial charge >= 0.3 is 5.97 Å². The van der Waals surface area contributed by atoms with Crippen LogP contribution in [-0.4, -0.2) is 32.6 Å². The van der Waals surface area contributed by atoms with Crippen molar-refractivity contribution in [3.8, 4) is 0 Å². The molecular formula is C12H17NO4. The van der Waals surface area contributed by atoms with E-state index in [1.54, 1.807) is 6.08 Å². The number of nitrogens with one attached hydrogen (secondary N) is 1. The topological polar surface area (TPSA) is 64.6 Å². The fraction of sp³-hybridized carbons (Fsp3) is 0.500. The highest BCUT2D eigenvalue weighted by atomic mass is 16.5. The summed E-state index contributed by atoms with van der Waals surface area (Å²) >= 11 is 0. The molecule has 0 unspecified atom stereocenters. The van der Waals surface area contributed by atoms with E-state index < -0.39 is 5.97 Å². The molecule has 0 aromatic carbocycles. The predicted octanol–water partition coefficient (Wildman–Crippen LogP) is 0.628. The Bertz CT molecular complexity index is 348. The molecule has 1 aliphatic heterocycles. The first-order chi connectivity index (χ1) is 8.13. The van der Waals surface area contributed by atoms with Crippen LogP contribution in [0.25, 0.3) is 0 Å². The summed E-state index contributed by atoms with van der Waals surface area (Å²) in [5, 5.41) is 2.74. The highest BCUT2D eigenvalue weighted by molar-refractivity contribution is 5.90. The maximum atomic E-state index is 11.6. The van der Waals surface area contributed by atoms with Crippen LogP contribution in [0, 0.1) is 11.8 Å². The van der Waals surface area contributed by atoms with Crippen LogP contribution in [0.2, 0.25) is 0 Å². The van der Waals surface area contributed by atoms with Crippen LogP contribution in [0.4, 0.5) is 0 Å². The molecule has 2 atom stereocenters. The molecule has 0 saturated carbocycles. The lowest BCUT2D eigenvalue weighted by molar-refractivity contribution is -0.137. The predicted molar refractivity (Wildman–Crippen MR) is 61.9 cm³/mol. The van der Waals surface area contributed by atoms with Crippen LogP contribution in [-0.2, 0) is 19.1 Å². The Balaban J connectivity index is 2.97. The summed E-state index contributed by atoms with van der Waals surface area (Å²) < 4.78 is 9.57. The molecular weight excluding hydrogens is 222 g/mol. The van der Waals surface area contributed by atoms with Crippen molar-refractivity contribution in [1.82, 2.24) is 5.32 Å². The summed E-state index contributed by atoms with van der Waals surface area (Å²) in [7, 11) is 2.76. The van der Waals surface area contributed by atoms with E-state index >= 15 is 0 Å². The van der Waals surface area contributed by atoms with Crippen molar-refractivity contribution in [2.24, 2.45) is 11.8 Å². The van der Waals surface area contributed by atoms with Gasteiger partial charge in [0.2, 0.25) is 5.91 Å². The first-order valence-electron chi connectivity index (χ1n) is 5.34. The molecule has 0 bridgehead atoms. The Labute approximate surface area is 100 Å². The molecule has 1 amide bonds. The Morgan fingerprint density at radius 1 is 1.53 bits per heavy atom. The molecule has 17 heavy (non-hydrogen) atoms. The number of hydrogen-bond acceptors (Lipinski definition) is 4. The van der Waals surface area contributed by atoms with Crippen molar-refractivity contribution in [1.29, 1.82) is 0 Å². The lowest BCUT2D eigenvalue weighted by atomic mass is 9.81. The third-order valence-corrected chi connectivity index (χ3v) is 2.83. The molecule has 1 saturated heterocycles. The van der Waals surface area contributed by atoms with Crippen molar-refractivity contribution in [2.45, 2.75) is 6.42 Å². The molecule has 94 valence electrons. The van der Waals surface area contributed by atoms with E-state index in [1.807, 2.05) is 0 Å². The van der Waals surface area contributed by atoms with E-state index in [0.717, 1.165) is 0 Å². The first-order valence-corrected chi connectivity index (χ1v) is 5.34. The number of methoxy groups -OCH3 is 2. The van der Waals surface area contributed by atoms with Gasteiger partial charge in [-0.3, -0.25) is 4.79 Å². The lowest BCUT2D eigenvalue weighted by Gasteiger charge is -2.29. The van der Waals surface area contributed by atoms with Gasteiger partial charge in [0.25, 0.3) is 0 Å². The fourth-order valence-electron chi connectivity index (χ4n) is 1.92. The van der Waals surface area contributed by atoms with E-state index in [9.17, 15) is 9.59 Å². The van der Waals surface area contributed by atoms with Gasteiger partial charge in [0, 0.05) is 24.8 Å². The van der Waals surface area contributed by atoms with Gasteiger partial charge in [-0.15, -0.1) is 6.58 Å². The minimum Gasteiger partial charge on any atom is -0.504 e. The Morgan fingerprint density at radius 2 is 2.24 bits per heavy atom. The van der Waals surface area contributed by atoms with Crippen molar-refractivity contribution >= 4 is 11.9 Å². The SMILES string of the molecule is C=C[C@H]1CNC(=O)C[C@@H]1/C(=C/OC)C(=O)OC. The first kappa shape index (κ1) is 13.3. The molecule has 5 heteroatoms. The van der Waals surface area contributed by atoms with E-state index in [1.165, 1.54) is 20.5 Å². The third-order valence-electron chi connectivity index (χ3n) is 2.83. The second-order valence-corrected chi connectivity index (χ2v) is 3.81. The van der Waals surface area contributed by atoms with Gasteiger partial charge in [0.1, 0.15) is 0 Å². The number of amides is 1. The van der Waals surface area contributed by atoms with Crippen molar-refractivity contribution < 1.29 is 19.1 Å². The number of carbonyl (C=O) groups is 2. The molecule has 1 fully saturated rings. The molecule has 5 nitrogen and oxygen atoms in total. The lowest BCUT2D eigenvalue weighted by Crippen LogP contribution is -2.41. The van der Waals surface area contributed by atoms with Gasteiger partial charge in [0.15, 0.2) is 0 Å². The van der Waals surface area contributed by atoms with Gasteiger partial charge in [-0.2, -0.15) is 0 Å². The summed E-state index contributed by atoms with van der Waals surface area (Å²) in [6, 6.07) is 0. The monoisotopic (exact) mass is 239 g/mol. The van der Waals surface area contributed by atoms with E-state index in [-0.39, 0.29) is 24.2 Å². The zero-order valence-corrected chi connectivity index (χ0v) is 10.1. The second-order valence-electron chi connectivity index (χ2n) is 3.81. The van der Waals surface area contributed by atoms with E-state index in [4.69, 9.17) is 9.47 Å². The Hall–Kier alpha value is -1.78. The summed E-state index contributed by atoms with van der Waals surface area (Å²) in [6.45, 7) is 4.19. The highest BCUT2D eigenvalue weighted by Crippen LogP contribution is 2.28. The maximum absolute atomic E-state index is 11.6. The Kier molecular flexibility index (Phi) is 4.75.